The fourth-order valence-corrected chi connectivity index (χ4v) is 5.43. The molecule has 1 N–H and O–H groups in total. The Balaban J connectivity index is 1.64. The second-order valence-electron chi connectivity index (χ2n) is 8.33. The van der Waals surface area contributed by atoms with Crippen molar-refractivity contribution in [2.75, 3.05) is 23.7 Å². The van der Waals surface area contributed by atoms with E-state index in [0.717, 1.165) is 31.5 Å². The minimum absolute atomic E-state index is 0.328. The third-order valence-corrected chi connectivity index (χ3v) is 7.19. The summed E-state index contributed by atoms with van der Waals surface area (Å²) in [5.41, 5.74) is 2.66. The van der Waals surface area contributed by atoms with Crippen molar-refractivity contribution >= 4 is 33.2 Å². The molecule has 1 saturated heterocycles. The van der Waals surface area contributed by atoms with Crippen LogP contribution in [0.5, 0.6) is 0 Å². The number of piperidine rings is 1. The van der Waals surface area contributed by atoms with E-state index in [4.69, 9.17) is 11.6 Å². The fraction of sp³-hybridized carbons (Fsp3) is 0.458. The molecular formula is C24H32ClN3O3S. The van der Waals surface area contributed by atoms with Crippen molar-refractivity contribution in [1.82, 2.24) is 10.2 Å². The van der Waals surface area contributed by atoms with Gasteiger partial charge in [0.1, 0.15) is 6.04 Å². The minimum atomic E-state index is -3.67. The summed E-state index contributed by atoms with van der Waals surface area (Å²) in [6, 6.07) is 13.9. The van der Waals surface area contributed by atoms with E-state index in [0.29, 0.717) is 23.7 Å². The fourth-order valence-electron chi connectivity index (χ4n) is 4.09. The maximum absolute atomic E-state index is 13.0. The summed E-state index contributed by atoms with van der Waals surface area (Å²) in [5, 5.41) is 3.41. The van der Waals surface area contributed by atoms with Gasteiger partial charge >= 0.3 is 0 Å². The van der Waals surface area contributed by atoms with Crippen molar-refractivity contribution in [3.05, 3.63) is 64.7 Å². The Bertz CT molecular complexity index is 988. The van der Waals surface area contributed by atoms with Gasteiger partial charge in [-0.05, 0) is 67.7 Å². The summed E-state index contributed by atoms with van der Waals surface area (Å²) < 4.78 is 26.2. The van der Waals surface area contributed by atoms with Crippen molar-refractivity contribution in [2.45, 2.75) is 51.7 Å². The number of likely N-dealkylation sites (tertiary alicyclic amines) is 1. The number of nitrogens with one attached hydrogen (secondary N) is 1. The Morgan fingerprint density at radius 1 is 1.03 bits per heavy atom. The molecule has 32 heavy (non-hydrogen) atoms. The standard InChI is InChI=1S/C24H32ClN3O3S/c1-3-23(28(32(2,30)31)22-13-11-21(25)12-14-22)24(29)26-17-19-7-9-20(10-8-19)18-27-15-5-4-6-16-27/h7-14,23H,3-6,15-18H2,1-2H3,(H,26,29)/t23-/m0/s1. The largest absolute Gasteiger partial charge is 0.350 e. The van der Waals surface area contributed by atoms with Gasteiger partial charge in [-0.1, -0.05) is 49.2 Å². The van der Waals surface area contributed by atoms with Gasteiger partial charge in [-0.2, -0.15) is 0 Å². The topological polar surface area (TPSA) is 69.7 Å². The molecule has 174 valence electrons. The van der Waals surface area contributed by atoms with Crippen molar-refractivity contribution < 1.29 is 13.2 Å². The summed E-state index contributed by atoms with van der Waals surface area (Å²) in [5.74, 6) is -0.328. The van der Waals surface area contributed by atoms with Crippen LogP contribution in [0.4, 0.5) is 5.69 Å². The number of hydrogen-bond donors (Lipinski definition) is 1. The number of carbonyl (C=O) groups is 1. The van der Waals surface area contributed by atoms with E-state index in [1.165, 1.54) is 29.1 Å². The van der Waals surface area contributed by atoms with E-state index in [-0.39, 0.29) is 5.91 Å². The van der Waals surface area contributed by atoms with E-state index in [1.807, 2.05) is 12.1 Å². The SMILES string of the molecule is CC[C@@H](C(=O)NCc1ccc(CN2CCCCC2)cc1)N(c1ccc(Cl)cc1)S(C)(=O)=O. The first-order valence-electron chi connectivity index (χ1n) is 11.1. The molecule has 2 aromatic carbocycles. The van der Waals surface area contributed by atoms with Crippen molar-refractivity contribution in [1.29, 1.82) is 0 Å². The Hall–Kier alpha value is -2.09. The van der Waals surface area contributed by atoms with Gasteiger partial charge in [-0.3, -0.25) is 14.0 Å². The van der Waals surface area contributed by atoms with Gasteiger partial charge < -0.3 is 5.32 Å². The van der Waals surface area contributed by atoms with E-state index in [2.05, 4.69) is 22.3 Å². The summed E-state index contributed by atoms with van der Waals surface area (Å²) in [4.78, 5) is 15.4. The number of hydrogen-bond acceptors (Lipinski definition) is 4. The molecule has 0 aromatic heterocycles. The molecule has 0 saturated carbocycles. The lowest BCUT2D eigenvalue weighted by atomic mass is 10.1. The Morgan fingerprint density at radius 2 is 1.62 bits per heavy atom. The van der Waals surface area contributed by atoms with Crippen LogP contribution in [0.3, 0.4) is 0 Å². The molecule has 3 rings (SSSR count). The zero-order valence-electron chi connectivity index (χ0n) is 18.8. The van der Waals surface area contributed by atoms with Crippen LogP contribution in [0, 0.1) is 0 Å². The van der Waals surface area contributed by atoms with Gasteiger partial charge in [0.05, 0.1) is 11.9 Å². The third-order valence-electron chi connectivity index (χ3n) is 5.76. The highest BCUT2D eigenvalue weighted by Crippen LogP contribution is 2.24. The molecule has 1 atom stereocenters. The van der Waals surface area contributed by atoms with E-state index in [9.17, 15) is 13.2 Å². The van der Waals surface area contributed by atoms with Crippen LogP contribution in [-0.4, -0.2) is 44.6 Å². The summed E-state index contributed by atoms with van der Waals surface area (Å²) in [6.45, 7) is 5.40. The van der Waals surface area contributed by atoms with E-state index < -0.39 is 16.1 Å². The van der Waals surface area contributed by atoms with Crippen LogP contribution >= 0.6 is 11.6 Å². The molecule has 0 aliphatic carbocycles. The molecule has 1 fully saturated rings. The summed E-state index contributed by atoms with van der Waals surface area (Å²) in [7, 11) is -3.67. The smallest absolute Gasteiger partial charge is 0.244 e. The highest BCUT2D eigenvalue weighted by atomic mass is 35.5. The predicted octanol–water partition coefficient (Wildman–Crippen LogP) is 4.19. The monoisotopic (exact) mass is 477 g/mol. The molecule has 1 heterocycles. The summed E-state index contributed by atoms with van der Waals surface area (Å²) >= 11 is 5.94. The van der Waals surface area contributed by atoms with Crippen LogP contribution in [0.2, 0.25) is 5.02 Å². The number of benzene rings is 2. The number of amides is 1. The normalized spacial score (nSPS) is 15.8. The first-order chi connectivity index (χ1) is 15.3. The highest BCUT2D eigenvalue weighted by molar-refractivity contribution is 7.92. The van der Waals surface area contributed by atoms with Crippen LogP contribution in [0.15, 0.2) is 48.5 Å². The zero-order valence-corrected chi connectivity index (χ0v) is 20.3. The number of sulfonamides is 1. The van der Waals surface area contributed by atoms with Crippen LogP contribution in [0.1, 0.15) is 43.7 Å². The van der Waals surface area contributed by atoms with Gasteiger partial charge in [0, 0.05) is 18.1 Å². The molecule has 0 radical (unpaired) electrons. The average molecular weight is 478 g/mol. The zero-order chi connectivity index (χ0) is 23.1. The number of carbonyl (C=O) groups excluding carboxylic acids is 1. The number of halogens is 1. The number of rotatable bonds is 9. The Kier molecular flexibility index (Phi) is 8.57. The van der Waals surface area contributed by atoms with Gasteiger partial charge in [0.25, 0.3) is 0 Å². The lowest BCUT2D eigenvalue weighted by molar-refractivity contribution is -0.122. The maximum Gasteiger partial charge on any atom is 0.244 e. The van der Waals surface area contributed by atoms with Crippen molar-refractivity contribution in [2.24, 2.45) is 0 Å². The quantitative estimate of drug-likeness (QED) is 0.588. The average Bonchev–Trinajstić information content (AvgIpc) is 2.77. The van der Waals surface area contributed by atoms with Crippen LogP contribution in [0.25, 0.3) is 0 Å². The van der Waals surface area contributed by atoms with Gasteiger partial charge in [0.2, 0.25) is 15.9 Å². The molecule has 2 aromatic rings. The second kappa shape index (κ2) is 11.2. The predicted molar refractivity (Wildman–Crippen MR) is 130 cm³/mol. The van der Waals surface area contributed by atoms with Crippen molar-refractivity contribution in [3.63, 3.8) is 0 Å². The lowest BCUT2D eigenvalue weighted by Crippen LogP contribution is -2.49. The number of nitrogens with zero attached hydrogens (tertiary/aromatic N) is 2. The maximum atomic E-state index is 13.0. The molecule has 1 aliphatic rings. The molecule has 8 heteroatoms. The van der Waals surface area contributed by atoms with Crippen LogP contribution in [-0.2, 0) is 27.9 Å². The molecule has 1 aliphatic heterocycles. The van der Waals surface area contributed by atoms with E-state index >= 15 is 0 Å². The van der Waals surface area contributed by atoms with E-state index in [1.54, 1.807) is 31.2 Å². The third kappa shape index (κ3) is 6.70. The molecule has 0 spiro atoms. The second-order valence-corrected chi connectivity index (χ2v) is 10.6. The van der Waals surface area contributed by atoms with Crippen LogP contribution < -0.4 is 9.62 Å². The molecule has 6 nitrogen and oxygen atoms in total. The Morgan fingerprint density at radius 3 is 2.19 bits per heavy atom. The molecule has 0 bridgehead atoms. The van der Waals surface area contributed by atoms with Gasteiger partial charge in [0.15, 0.2) is 0 Å². The minimum Gasteiger partial charge on any atom is -0.350 e. The molecule has 1 amide bonds. The summed E-state index contributed by atoms with van der Waals surface area (Å²) in [6.07, 6.45) is 5.31. The first kappa shape index (κ1) is 24.6. The van der Waals surface area contributed by atoms with Gasteiger partial charge in [-0.15, -0.1) is 0 Å². The number of anilines is 1. The molecule has 0 unspecified atom stereocenters. The highest BCUT2D eigenvalue weighted by Gasteiger charge is 2.31. The first-order valence-corrected chi connectivity index (χ1v) is 13.3. The lowest BCUT2D eigenvalue weighted by Gasteiger charge is -2.30. The molecular weight excluding hydrogens is 446 g/mol. The van der Waals surface area contributed by atoms with Gasteiger partial charge in [-0.25, -0.2) is 8.42 Å². The van der Waals surface area contributed by atoms with Crippen molar-refractivity contribution in [3.8, 4) is 0 Å². The Labute approximate surface area is 196 Å².